The van der Waals surface area contributed by atoms with Crippen LogP contribution in [-0.2, 0) is 22.3 Å². The Labute approximate surface area is 144 Å². The Morgan fingerprint density at radius 2 is 2.23 bits per heavy atom. The number of nitrogens with one attached hydrogen (secondary N) is 1. The van der Waals surface area contributed by atoms with Crippen LogP contribution in [-0.4, -0.2) is 40.2 Å². The van der Waals surface area contributed by atoms with Gasteiger partial charge in [-0.3, -0.25) is 9.63 Å². The number of hydrogen-bond donors (Lipinski definition) is 1. The van der Waals surface area contributed by atoms with Crippen molar-refractivity contribution in [2.45, 2.75) is 25.2 Å². The fourth-order valence-corrected chi connectivity index (χ4v) is 2.35. The number of benzene rings is 1. The van der Waals surface area contributed by atoms with Crippen molar-refractivity contribution in [1.82, 2.24) is 20.5 Å². The third kappa shape index (κ3) is 4.35. The molecule has 3 rings (SSSR count). The van der Waals surface area contributed by atoms with E-state index >= 15 is 0 Å². The lowest BCUT2D eigenvalue weighted by molar-refractivity contribution is -0.140. The van der Waals surface area contributed by atoms with E-state index in [1.807, 2.05) is 0 Å². The average molecular weight is 374 g/mol. The Balaban J connectivity index is 1.64. The second kappa shape index (κ2) is 7.38. The number of carbonyl (C=O) groups excluding carboxylic acids is 1. The zero-order valence-electron chi connectivity index (χ0n) is 13.3. The van der Waals surface area contributed by atoms with Crippen LogP contribution in [0, 0.1) is 5.82 Å². The third-order valence-corrected chi connectivity index (χ3v) is 3.66. The van der Waals surface area contributed by atoms with Crippen LogP contribution in [0.2, 0.25) is 0 Å². The summed E-state index contributed by atoms with van der Waals surface area (Å²) in [6.45, 7) is 0.814. The Bertz CT molecular complexity index is 787. The van der Waals surface area contributed by atoms with Crippen LogP contribution in [0.1, 0.15) is 28.0 Å². The van der Waals surface area contributed by atoms with Crippen LogP contribution in [0.25, 0.3) is 0 Å². The highest BCUT2D eigenvalue weighted by atomic mass is 19.4. The second-order valence-corrected chi connectivity index (χ2v) is 5.65. The van der Waals surface area contributed by atoms with Crippen molar-refractivity contribution in [3.8, 4) is 0 Å². The first-order valence-corrected chi connectivity index (χ1v) is 7.62. The molecule has 7 nitrogen and oxygen atoms in total. The van der Waals surface area contributed by atoms with E-state index in [2.05, 4.69) is 15.8 Å². The molecule has 11 heteroatoms. The van der Waals surface area contributed by atoms with Gasteiger partial charge >= 0.3 is 6.18 Å². The molecule has 1 aromatic heterocycles. The van der Waals surface area contributed by atoms with Crippen LogP contribution in [0.15, 0.2) is 24.4 Å². The minimum Gasteiger partial charge on any atom is -0.379 e. The highest BCUT2D eigenvalue weighted by Gasteiger charge is 2.34. The van der Waals surface area contributed by atoms with Gasteiger partial charge in [-0.2, -0.15) is 13.2 Å². The minimum atomic E-state index is -4.80. The molecule has 0 spiro atoms. The van der Waals surface area contributed by atoms with Crippen molar-refractivity contribution in [1.29, 1.82) is 0 Å². The standard InChI is InChI=1S/C15H14F4N4O3/c16-12-2-1-9(5-11(12)15(17,18)19)6-23-7-13(20-22-23)14(24)21-26-10-3-4-25-8-10/h1-2,5,7,10H,3-4,6,8H2,(H,21,24). The molecule has 1 saturated heterocycles. The SMILES string of the molecule is O=C(NOC1CCOC1)c1cn(Cc2ccc(F)c(C(F)(F)F)c2)nn1. The molecule has 1 aliphatic heterocycles. The lowest BCUT2D eigenvalue weighted by Crippen LogP contribution is -2.30. The molecular formula is C15H14F4N4O3. The van der Waals surface area contributed by atoms with Gasteiger partial charge in [-0.1, -0.05) is 11.3 Å². The van der Waals surface area contributed by atoms with Gasteiger partial charge in [0.2, 0.25) is 0 Å². The van der Waals surface area contributed by atoms with Gasteiger partial charge in [0.15, 0.2) is 5.69 Å². The van der Waals surface area contributed by atoms with Crippen LogP contribution in [0.4, 0.5) is 17.6 Å². The molecule has 0 saturated carbocycles. The van der Waals surface area contributed by atoms with Crippen LogP contribution in [0.5, 0.6) is 0 Å². The molecule has 0 bridgehead atoms. The lowest BCUT2D eigenvalue weighted by Gasteiger charge is -2.10. The zero-order chi connectivity index (χ0) is 18.7. The quantitative estimate of drug-likeness (QED) is 0.639. The van der Waals surface area contributed by atoms with Crippen molar-refractivity contribution in [3.05, 3.63) is 47.0 Å². The molecule has 1 amide bonds. The van der Waals surface area contributed by atoms with Gasteiger partial charge in [0.25, 0.3) is 5.91 Å². The molecule has 2 aromatic rings. The lowest BCUT2D eigenvalue weighted by atomic mass is 10.1. The van der Waals surface area contributed by atoms with E-state index in [4.69, 9.17) is 9.57 Å². The average Bonchev–Trinajstić information content (AvgIpc) is 3.25. The van der Waals surface area contributed by atoms with Gasteiger partial charge in [-0.05, 0) is 17.7 Å². The first kappa shape index (κ1) is 18.3. The van der Waals surface area contributed by atoms with Gasteiger partial charge in [0.05, 0.1) is 24.9 Å². The normalized spacial score (nSPS) is 17.5. The van der Waals surface area contributed by atoms with Crippen LogP contribution < -0.4 is 5.48 Å². The number of halogens is 4. The summed E-state index contributed by atoms with van der Waals surface area (Å²) < 4.78 is 57.8. The van der Waals surface area contributed by atoms with Gasteiger partial charge in [0, 0.05) is 13.0 Å². The third-order valence-electron chi connectivity index (χ3n) is 3.66. The summed E-state index contributed by atoms with van der Waals surface area (Å²) in [5, 5.41) is 7.32. The highest BCUT2D eigenvalue weighted by molar-refractivity contribution is 5.91. The topological polar surface area (TPSA) is 78.3 Å². The smallest absolute Gasteiger partial charge is 0.379 e. The Morgan fingerprint density at radius 1 is 1.42 bits per heavy atom. The highest BCUT2D eigenvalue weighted by Crippen LogP contribution is 2.32. The molecule has 1 aromatic carbocycles. The number of alkyl halides is 3. The summed E-state index contributed by atoms with van der Waals surface area (Å²) in [7, 11) is 0. The summed E-state index contributed by atoms with van der Waals surface area (Å²) in [5.41, 5.74) is 0.955. The monoisotopic (exact) mass is 374 g/mol. The number of nitrogens with zero attached hydrogens (tertiary/aromatic N) is 3. The number of aromatic nitrogens is 3. The molecule has 2 heterocycles. The number of hydrogen-bond acceptors (Lipinski definition) is 5. The fourth-order valence-electron chi connectivity index (χ4n) is 2.35. The van der Waals surface area contributed by atoms with Crippen LogP contribution in [0.3, 0.4) is 0 Å². The largest absolute Gasteiger partial charge is 0.419 e. The second-order valence-electron chi connectivity index (χ2n) is 5.65. The maximum absolute atomic E-state index is 13.3. The molecule has 0 radical (unpaired) electrons. The summed E-state index contributed by atoms with van der Waals surface area (Å²) in [6.07, 6.45) is -3.14. The van der Waals surface area contributed by atoms with Crippen LogP contribution >= 0.6 is 0 Å². The minimum absolute atomic E-state index is 0.0675. The first-order chi connectivity index (χ1) is 12.3. The van der Waals surface area contributed by atoms with Crippen molar-refractivity contribution in [3.63, 3.8) is 0 Å². The molecule has 26 heavy (non-hydrogen) atoms. The summed E-state index contributed by atoms with van der Waals surface area (Å²) in [6, 6.07) is 2.63. The molecule has 1 N–H and O–H groups in total. The fraction of sp³-hybridized carbons (Fsp3) is 0.400. The molecule has 1 unspecified atom stereocenters. The van der Waals surface area contributed by atoms with Gasteiger partial charge in [-0.25, -0.2) is 14.6 Å². The van der Waals surface area contributed by atoms with E-state index in [0.29, 0.717) is 25.7 Å². The summed E-state index contributed by atoms with van der Waals surface area (Å²) in [4.78, 5) is 17.1. The van der Waals surface area contributed by atoms with Gasteiger partial charge < -0.3 is 4.74 Å². The van der Waals surface area contributed by atoms with E-state index in [-0.39, 0.29) is 23.9 Å². The van der Waals surface area contributed by atoms with Crippen molar-refractivity contribution in [2.24, 2.45) is 0 Å². The number of rotatable bonds is 5. The van der Waals surface area contributed by atoms with Crippen molar-refractivity contribution >= 4 is 5.91 Å². The Hall–Kier alpha value is -2.53. The number of ether oxygens (including phenoxy) is 1. The molecule has 140 valence electrons. The van der Waals surface area contributed by atoms with E-state index in [1.54, 1.807) is 0 Å². The molecule has 0 aliphatic carbocycles. The zero-order valence-corrected chi connectivity index (χ0v) is 13.3. The van der Waals surface area contributed by atoms with Crippen molar-refractivity contribution < 1.29 is 31.9 Å². The van der Waals surface area contributed by atoms with Crippen molar-refractivity contribution in [2.75, 3.05) is 13.2 Å². The van der Waals surface area contributed by atoms with Gasteiger partial charge in [0.1, 0.15) is 11.9 Å². The molecular weight excluding hydrogens is 360 g/mol. The summed E-state index contributed by atoms with van der Waals surface area (Å²) in [5.74, 6) is -1.99. The molecule has 1 aliphatic rings. The van der Waals surface area contributed by atoms with E-state index < -0.39 is 23.5 Å². The summed E-state index contributed by atoms with van der Waals surface area (Å²) >= 11 is 0. The first-order valence-electron chi connectivity index (χ1n) is 7.62. The van der Waals surface area contributed by atoms with E-state index in [0.717, 1.165) is 6.07 Å². The van der Waals surface area contributed by atoms with Gasteiger partial charge in [-0.15, -0.1) is 5.10 Å². The molecule has 1 fully saturated rings. The predicted octanol–water partition coefficient (Wildman–Crippen LogP) is 1.93. The maximum Gasteiger partial charge on any atom is 0.419 e. The number of hydroxylamine groups is 1. The van der Waals surface area contributed by atoms with E-state index in [1.165, 1.54) is 16.9 Å². The van der Waals surface area contributed by atoms with E-state index in [9.17, 15) is 22.4 Å². The number of amides is 1. The maximum atomic E-state index is 13.3. The Kier molecular flexibility index (Phi) is 5.18. The number of carbonyl (C=O) groups is 1. The Morgan fingerprint density at radius 3 is 2.92 bits per heavy atom. The predicted molar refractivity (Wildman–Crippen MR) is 78.3 cm³/mol. The molecule has 1 atom stereocenters.